The fourth-order valence-electron chi connectivity index (χ4n) is 4.98. The van der Waals surface area contributed by atoms with Crippen molar-refractivity contribution < 1.29 is 43.0 Å². The summed E-state index contributed by atoms with van der Waals surface area (Å²) < 4.78 is 16.1. The number of rotatable bonds is 14. The molecule has 2 aliphatic heterocycles. The van der Waals surface area contributed by atoms with Crippen LogP contribution in [-0.4, -0.2) is 69.7 Å². The number of methoxy groups -OCH3 is 1. The average molecular weight is 742 g/mol. The highest BCUT2D eigenvalue weighted by atomic mass is 32.2. The number of aryl methyl sites for hydroxylation is 1. The molecule has 0 aliphatic carbocycles. The molecule has 52 heavy (non-hydrogen) atoms. The van der Waals surface area contributed by atoms with Gasteiger partial charge in [0.05, 0.1) is 17.6 Å². The van der Waals surface area contributed by atoms with Crippen molar-refractivity contribution in [3.8, 4) is 17.2 Å². The van der Waals surface area contributed by atoms with Gasteiger partial charge in [-0.1, -0.05) is 72.9 Å². The van der Waals surface area contributed by atoms with Gasteiger partial charge in [-0.3, -0.25) is 44.4 Å². The Hall–Kier alpha value is -5.47. The second kappa shape index (κ2) is 18.1. The number of hydrogen-bond acceptors (Lipinski definition) is 12. The summed E-state index contributed by atoms with van der Waals surface area (Å²) in [5, 5.41) is 3.13. The third-order valence-electron chi connectivity index (χ3n) is 7.87. The van der Waals surface area contributed by atoms with E-state index in [0.717, 1.165) is 46.6 Å². The molecule has 0 spiro atoms. The summed E-state index contributed by atoms with van der Waals surface area (Å²) in [6.45, 7) is 1.86. The minimum Gasteiger partial charge on any atom is -0.497 e. The van der Waals surface area contributed by atoms with Gasteiger partial charge in [0.25, 0.3) is 10.5 Å². The van der Waals surface area contributed by atoms with Crippen molar-refractivity contribution in [1.29, 1.82) is 0 Å². The number of imide groups is 2. The number of nitrogens with zero attached hydrogens (tertiary/aromatic N) is 1. The zero-order valence-electron chi connectivity index (χ0n) is 28.3. The van der Waals surface area contributed by atoms with Gasteiger partial charge in [-0.2, -0.15) is 0 Å². The molecular weight excluding hydrogens is 707 g/mol. The predicted octanol–water partition coefficient (Wildman–Crippen LogP) is 5.65. The first-order valence-electron chi connectivity index (χ1n) is 16.2. The van der Waals surface area contributed by atoms with Crippen molar-refractivity contribution in [2.45, 2.75) is 36.7 Å². The first-order valence-corrected chi connectivity index (χ1v) is 18.0. The molecular formula is C38H35N3O9S2. The van der Waals surface area contributed by atoms with E-state index in [2.05, 4.69) is 15.6 Å². The van der Waals surface area contributed by atoms with Crippen molar-refractivity contribution in [2.75, 3.05) is 20.3 Å². The molecule has 2 unspecified atom stereocenters. The van der Waals surface area contributed by atoms with E-state index in [1.54, 1.807) is 67.9 Å². The minimum absolute atomic E-state index is 0.0814. The third-order valence-corrected chi connectivity index (χ3v) is 9.84. The number of hydrogen-bond donors (Lipinski definition) is 2. The maximum Gasteiger partial charge on any atom is 0.286 e. The van der Waals surface area contributed by atoms with Crippen molar-refractivity contribution in [1.82, 2.24) is 15.6 Å². The summed E-state index contributed by atoms with van der Waals surface area (Å²) in [6, 6.07) is 24.8. The predicted molar refractivity (Wildman–Crippen MR) is 196 cm³/mol. The van der Waals surface area contributed by atoms with E-state index in [4.69, 9.17) is 14.2 Å². The van der Waals surface area contributed by atoms with Gasteiger partial charge in [0.15, 0.2) is 19.0 Å². The molecule has 0 radical (unpaired) electrons. The average Bonchev–Trinajstić information content (AvgIpc) is 3.66. The van der Waals surface area contributed by atoms with Crippen LogP contribution >= 0.6 is 23.5 Å². The van der Waals surface area contributed by atoms with Gasteiger partial charge < -0.3 is 14.2 Å². The molecule has 2 atom stereocenters. The number of Topliss-reactive ketones (excluding diaryl/α,β-unsaturated/α-hetero) is 2. The summed E-state index contributed by atoms with van der Waals surface area (Å²) in [7, 11) is 1.55. The molecule has 2 saturated heterocycles. The quantitative estimate of drug-likeness (QED) is 0.153. The lowest BCUT2D eigenvalue weighted by Crippen LogP contribution is -2.25. The van der Waals surface area contributed by atoms with Gasteiger partial charge in [0.2, 0.25) is 17.6 Å². The smallest absolute Gasteiger partial charge is 0.286 e. The van der Waals surface area contributed by atoms with Gasteiger partial charge >= 0.3 is 0 Å². The van der Waals surface area contributed by atoms with Crippen LogP contribution in [0.25, 0.3) is 0 Å². The van der Waals surface area contributed by atoms with Gasteiger partial charge in [-0.05, 0) is 78.4 Å². The normalized spacial score (nSPS) is 16.3. The Kier molecular flexibility index (Phi) is 13.2. The Bertz CT molecular complexity index is 1930. The van der Waals surface area contributed by atoms with Gasteiger partial charge in [-0.25, -0.2) is 0 Å². The molecule has 4 aromatic rings. The molecule has 3 heterocycles. The van der Waals surface area contributed by atoms with E-state index in [9.17, 15) is 28.8 Å². The molecule has 6 rings (SSSR count). The molecule has 12 nitrogen and oxygen atoms in total. The van der Waals surface area contributed by atoms with Crippen LogP contribution in [0.1, 0.15) is 44.5 Å². The van der Waals surface area contributed by atoms with Crippen LogP contribution in [0.2, 0.25) is 0 Å². The van der Waals surface area contributed by atoms with Crippen LogP contribution in [0.5, 0.6) is 17.2 Å². The molecule has 268 valence electrons. The largest absolute Gasteiger partial charge is 0.497 e. The lowest BCUT2D eigenvalue weighted by atomic mass is 10.1. The number of amides is 4. The number of ether oxygens (including phenoxy) is 3. The maximum absolute atomic E-state index is 12.2. The molecule has 0 saturated carbocycles. The summed E-state index contributed by atoms with van der Waals surface area (Å²) in [5.74, 6) is 0.889. The first-order chi connectivity index (χ1) is 25.1. The first kappa shape index (κ1) is 37.8. The summed E-state index contributed by atoms with van der Waals surface area (Å²) in [4.78, 5) is 74.0. The maximum atomic E-state index is 12.2. The molecule has 14 heteroatoms. The number of carbonyl (C=O) groups excluding carboxylic acids is 6. The molecule has 2 fully saturated rings. The summed E-state index contributed by atoms with van der Waals surface area (Å²) >= 11 is 2.01. The monoisotopic (exact) mass is 741 g/mol. The third kappa shape index (κ3) is 10.8. The van der Waals surface area contributed by atoms with Crippen LogP contribution in [0.15, 0.2) is 91.1 Å². The standard InChI is InChI=1S/C19H18N2O4S.C19H17NO5S/c1-2-12-5-8-15(20-10-12)16(22)11-25-14-6-3-13(4-7-14)9-17-18(23)21-19(24)26-17;1-24-15-4-2-3-13(10-15)16(21)11-25-14-7-5-12(6-8-14)9-17-18(22)20-19(23)26-17/h3-8,10,17H,2,9,11H2,1H3,(H,21,23,24);2-8,10,17H,9,11H2,1H3,(H,20,22,23). The van der Waals surface area contributed by atoms with E-state index in [1.807, 2.05) is 37.3 Å². The number of aromatic nitrogens is 1. The number of pyridine rings is 1. The van der Waals surface area contributed by atoms with Crippen LogP contribution in [-0.2, 0) is 28.9 Å². The molecule has 1 aromatic heterocycles. The SMILES string of the molecule is CCc1ccc(C(=O)COc2ccc(CC3SC(=O)NC3=O)cc2)nc1.COc1cccc(C(=O)COc2ccc(CC3SC(=O)NC3=O)cc2)c1. The minimum atomic E-state index is -0.399. The molecule has 2 aliphatic rings. The topological polar surface area (TPSA) is 167 Å². The second-order valence-electron chi connectivity index (χ2n) is 11.5. The van der Waals surface area contributed by atoms with Crippen LogP contribution < -0.4 is 24.8 Å². The zero-order chi connectivity index (χ0) is 37.0. The van der Waals surface area contributed by atoms with E-state index >= 15 is 0 Å². The number of thioether (sulfide) groups is 2. The fourth-order valence-corrected chi connectivity index (χ4v) is 6.70. The Balaban J connectivity index is 0.000000201. The number of carbonyl (C=O) groups is 6. The Labute approximate surface area is 308 Å². The number of nitrogens with one attached hydrogen (secondary N) is 2. The van der Waals surface area contributed by atoms with Crippen molar-refractivity contribution in [3.63, 3.8) is 0 Å². The van der Waals surface area contributed by atoms with E-state index < -0.39 is 10.5 Å². The van der Waals surface area contributed by atoms with E-state index in [-0.39, 0.29) is 47.1 Å². The van der Waals surface area contributed by atoms with Crippen LogP contribution in [0.3, 0.4) is 0 Å². The van der Waals surface area contributed by atoms with Gasteiger partial charge in [0.1, 0.15) is 22.9 Å². The molecule has 0 bridgehead atoms. The summed E-state index contributed by atoms with van der Waals surface area (Å²) in [5.41, 5.74) is 3.82. The lowest BCUT2D eigenvalue weighted by Gasteiger charge is -2.09. The van der Waals surface area contributed by atoms with Gasteiger partial charge in [-0.15, -0.1) is 0 Å². The van der Waals surface area contributed by atoms with Crippen molar-refractivity contribution in [2.24, 2.45) is 0 Å². The van der Waals surface area contributed by atoms with Crippen molar-refractivity contribution in [3.05, 3.63) is 119 Å². The highest BCUT2D eigenvalue weighted by Crippen LogP contribution is 2.25. The Morgan fingerprint density at radius 1 is 0.673 bits per heavy atom. The fraction of sp³-hybridized carbons (Fsp3) is 0.237. The Morgan fingerprint density at radius 2 is 1.19 bits per heavy atom. The number of benzene rings is 3. The van der Waals surface area contributed by atoms with E-state index in [0.29, 0.717) is 41.3 Å². The molecule has 4 amide bonds. The highest BCUT2D eigenvalue weighted by Gasteiger charge is 2.32. The van der Waals surface area contributed by atoms with Crippen molar-refractivity contribution >= 4 is 57.4 Å². The summed E-state index contributed by atoms with van der Waals surface area (Å²) in [6.07, 6.45) is 3.50. The zero-order valence-corrected chi connectivity index (χ0v) is 29.9. The molecule has 3 aromatic carbocycles. The second-order valence-corrected chi connectivity index (χ2v) is 13.9. The Morgan fingerprint density at radius 3 is 1.63 bits per heavy atom. The lowest BCUT2D eigenvalue weighted by molar-refractivity contribution is -0.119. The van der Waals surface area contributed by atoms with Crippen LogP contribution in [0, 0.1) is 0 Å². The molecule has 2 N–H and O–H groups in total. The van der Waals surface area contributed by atoms with E-state index in [1.165, 1.54) is 0 Å². The van der Waals surface area contributed by atoms with Gasteiger partial charge in [0, 0.05) is 11.8 Å². The number of ketones is 2. The highest BCUT2D eigenvalue weighted by molar-refractivity contribution is 8.15. The van der Waals surface area contributed by atoms with Crippen LogP contribution in [0.4, 0.5) is 9.59 Å².